The van der Waals surface area contributed by atoms with Gasteiger partial charge in [0.1, 0.15) is 5.82 Å². The minimum Gasteiger partial charge on any atom is -0.347 e. The second kappa shape index (κ2) is 6.70. The van der Waals surface area contributed by atoms with Crippen LogP contribution in [0.4, 0.5) is 4.39 Å². The van der Waals surface area contributed by atoms with E-state index in [1.54, 1.807) is 24.3 Å². The molecule has 2 rings (SSSR count). The van der Waals surface area contributed by atoms with Crippen molar-refractivity contribution in [2.45, 2.75) is 13.1 Å². The van der Waals surface area contributed by atoms with Gasteiger partial charge < -0.3 is 5.32 Å². The van der Waals surface area contributed by atoms with Crippen LogP contribution in [0.2, 0.25) is 0 Å². The molecule has 20 heavy (non-hydrogen) atoms. The number of carbonyl (C=O) groups excluding carboxylic acids is 1. The van der Waals surface area contributed by atoms with E-state index in [1.807, 2.05) is 0 Å². The molecule has 0 spiro atoms. The van der Waals surface area contributed by atoms with Crippen LogP contribution < -0.4 is 5.32 Å². The zero-order chi connectivity index (χ0) is 14.4. The highest BCUT2D eigenvalue weighted by atomic mass is 32.1. The van der Waals surface area contributed by atoms with E-state index in [2.05, 4.69) is 15.3 Å². The van der Waals surface area contributed by atoms with Crippen LogP contribution in [0.1, 0.15) is 20.1 Å². The van der Waals surface area contributed by atoms with Gasteiger partial charge in [0.2, 0.25) is 0 Å². The number of benzene rings is 1. The van der Waals surface area contributed by atoms with Gasteiger partial charge in [0.15, 0.2) is 0 Å². The van der Waals surface area contributed by atoms with Crippen molar-refractivity contribution < 1.29 is 9.18 Å². The Morgan fingerprint density at radius 2 is 2.05 bits per heavy atom. The fourth-order valence-electron chi connectivity index (χ4n) is 1.56. The summed E-state index contributed by atoms with van der Waals surface area (Å²) in [6.45, 7) is 0.578. The first-order chi connectivity index (χ1) is 9.69. The minimum atomic E-state index is -0.305. The summed E-state index contributed by atoms with van der Waals surface area (Å²) >= 11 is 1.28. The summed E-state index contributed by atoms with van der Waals surface area (Å²) in [6, 6.07) is 9.39. The first-order valence-electron chi connectivity index (χ1n) is 5.81. The number of nitrogens with one attached hydrogen (secondary N) is 1. The van der Waals surface area contributed by atoms with Crippen molar-refractivity contribution in [3.8, 4) is 0 Å². The lowest BCUT2D eigenvalue weighted by Gasteiger charge is -2.03. The van der Waals surface area contributed by atoms with Crippen LogP contribution >= 0.6 is 11.3 Å². The maximum absolute atomic E-state index is 12.7. The minimum absolute atomic E-state index is 0.202. The number of azide groups is 1. The number of carbonyl (C=O) groups is 1. The second-order valence-corrected chi connectivity index (χ2v) is 5.13. The lowest BCUT2D eigenvalue weighted by Crippen LogP contribution is -2.21. The third-order valence-electron chi connectivity index (χ3n) is 2.54. The zero-order valence-corrected chi connectivity index (χ0v) is 11.2. The van der Waals surface area contributed by atoms with Crippen molar-refractivity contribution >= 4 is 17.2 Å². The van der Waals surface area contributed by atoms with Gasteiger partial charge in [0.05, 0.1) is 11.4 Å². The van der Waals surface area contributed by atoms with Crippen LogP contribution in [-0.4, -0.2) is 5.91 Å². The molecule has 0 saturated heterocycles. The molecule has 0 aliphatic carbocycles. The van der Waals surface area contributed by atoms with Crippen LogP contribution in [0.25, 0.3) is 10.4 Å². The van der Waals surface area contributed by atoms with Crippen LogP contribution in [0.15, 0.2) is 41.5 Å². The molecule has 1 amide bonds. The third-order valence-corrected chi connectivity index (χ3v) is 3.61. The molecule has 0 bridgehead atoms. The number of hydrogen-bond donors (Lipinski definition) is 1. The highest BCUT2D eigenvalue weighted by Crippen LogP contribution is 2.17. The monoisotopic (exact) mass is 290 g/mol. The number of thiophene rings is 1. The van der Waals surface area contributed by atoms with Crippen LogP contribution in [0.5, 0.6) is 0 Å². The summed E-state index contributed by atoms with van der Waals surface area (Å²) in [4.78, 5) is 15.9. The summed E-state index contributed by atoms with van der Waals surface area (Å²) in [5, 5.41) is 6.19. The Hall–Kier alpha value is -2.37. The Labute approximate surface area is 118 Å². The van der Waals surface area contributed by atoms with Gasteiger partial charge in [-0.15, -0.1) is 11.3 Å². The predicted octanol–water partition coefficient (Wildman–Crippen LogP) is 3.63. The Bertz CT molecular complexity index is 647. The summed E-state index contributed by atoms with van der Waals surface area (Å²) in [5.74, 6) is -0.507. The van der Waals surface area contributed by atoms with Gasteiger partial charge in [0.25, 0.3) is 5.91 Å². The Morgan fingerprint density at radius 3 is 2.75 bits per heavy atom. The maximum atomic E-state index is 12.7. The van der Waals surface area contributed by atoms with E-state index in [4.69, 9.17) is 5.53 Å². The molecular weight excluding hydrogens is 279 g/mol. The fourth-order valence-corrected chi connectivity index (χ4v) is 2.40. The average Bonchev–Trinajstić information content (AvgIpc) is 2.93. The van der Waals surface area contributed by atoms with E-state index in [0.717, 1.165) is 10.4 Å². The quantitative estimate of drug-likeness (QED) is 0.509. The summed E-state index contributed by atoms with van der Waals surface area (Å²) in [7, 11) is 0. The average molecular weight is 290 g/mol. The predicted molar refractivity (Wildman–Crippen MR) is 74.7 cm³/mol. The van der Waals surface area contributed by atoms with E-state index < -0.39 is 0 Å². The molecule has 1 heterocycles. The standard InChI is InChI=1S/C13H11FN4OS/c14-10-3-1-9(2-4-10)7-16-13(19)12-6-5-11(20-12)8-17-18-15/h1-6H,7-8H2,(H,16,19). The van der Waals surface area contributed by atoms with Crippen LogP contribution in [-0.2, 0) is 13.1 Å². The molecular formula is C13H11FN4OS. The highest BCUT2D eigenvalue weighted by molar-refractivity contribution is 7.14. The van der Waals surface area contributed by atoms with Gasteiger partial charge in [-0.2, -0.15) is 0 Å². The summed E-state index contributed by atoms with van der Waals surface area (Å²) in [5.41, 5.74) is 9.05. The zero-order valence-electron chi connectivity index (χ0n) is 10.4. The van der Waals surface area contributed by atoms with Gasteiger partial charge in [-0.05, 0) is 35.4 Å². The van der Waals surface area contributed by atoms with Crippen molar-refractivity contribution in [3.63, 3.8) is 0 Å². The van der Waals surface area contributed by atoms with Gasteiger partial charge in [-0.3, -0.25) is 4.79 Å². The summed E-state index contributed by atoms with van der Waals surface area (Å²) < 4.78 is 12.7. The molecule has 1 aromatic heterocycles. The fraction of sp³-hybridized carbons (Fsp3) is 0.154. The largest absolute Gasteiger partial charge is 0.347 e. The van der Waals surface area contributed by atoms with E-state index in [1.165, 1.54) is 23.5 Å². The number of rotatable bonds is 5. The molecule has 1 N–H and O–H groups in total. The topological polar surface area (TPSA) is 77.9 Å². The number of halogens is 1. The molecule has 0 fully saturated rings. The van der Waals surface area contributed by atoms with E-state index >= 15 is 0 Å². The molecule has 0 saturated carbocycles. The van der Waals surface area contributed by atoms with Crippen LogP contribution in [0.3, 0.4) is 0 Å². The second-order valence-electron chi connectivity index (χ2n) is 3.96. The normalized spacial score (nSPS) is 9.85. The molecule has 0 radical (unpaired) electrons. The lowest BCUT2D eigenvalue weighted by atomic mass is 10.2. The molecule has 102 valence electrons. The van der Waals surface area contributed by atoms with Crippen molar-refractivity contribution in [1.29, 1.82) is 0 Å². The maximum Gasteiger partial charge on any atom is 0.261 e. The van der Waals surface area contributed by atoms with Crippen molar-refractivity contribution in [2.24, 2.45) is 5.11 Å². The molecule has 1 aromatic carbocycles. The van der Waals surface area contributed by atoms with Crippen molar-refractivity contribution in [2.75, 3.05) is 0 Å². The van der Waals surface area contributed by atoms with E-state index in [9.17, 15) is 9.18 Å². The molecule has 0 unspecified atom stereocenters. The van der Waals surface area contributed by atoms with Gasteiger partial charge >= 0.3 is 0 Å². The first kappa shape index (κ1) is 14.0. The van der Waals surface area contributed by atoms with Gasteiger partial charge in [-0.1, -0.05) is 17.2 Å². The molecule has 0 aliphatic rings. The Kier molecular flexibility index (Phi) is 4.70. The molecule has 7 heteroatoms. The summed E-state index contributed by atoms with van der Waals surface area (Å²) in [6.07, 6.45) is 0. The molecule has 0 aliphatic heterocycles. The lowest BCUT2D eigenvalue weighted by molar-refractivity contribution is 0.0955. The van der Waals surface area contributed by atoms with Crippen molar-refractivity contribution in [3.05, 3.63) is 68.0 Å². The number of amides is 1. The molecule has 0 atom stereocenters. The Balaban J connectivity index is 1.92. The van der Waals surface area contributed by atoms with Gasteiger partial charge in [0, 0.05) is 16.3 Å². The van der Waals surface area contributed by atoms with Gasteiger partial charge in [-0.25, -0.2) is 4.39 Å². The van der Waals surface area contributed by atoms with E-state index in [-0.39, 0.29) is 18.3 Å². The first-order valence-corrected chi connectivity index (χ1v) is 6.63. The third kappa shape index (κ3) is 3.81. The Morgan fingerprint density at radius 1 is 1.30 bits per heavy atom. The van der Waals surface area contributed by atoms with E-state index in [0.29, 0.717) is 11.4 Å². The highest BCUT2D eigenvalue weighted by Gasteiger charge is 2.08. The molecule has 2 aromatic rings. The number of hydrogen-bond acceptors (Lipinski definition) is 3. The van der Waals surface area contributed by atoms with Crippen LogP contribution in [0, 0.1) is 5.82 Å². The van der Waals surface area contributed by atoms with Crippen molar-refractivity contribution in [1.82, 2.24) is 5.32 Å². The molecule has 5 nitrogen and oxygen atoms in total. The smallest absolute Gasteiger partial charge is 0.261 e. The number of nitrogens with zero attached hydrogens (tertiary/aromatic N) is 3. The SMILES string of the molecule is [N-]=[N+]=NCc1ccc(C(=O)NCc2ccc(F)cc2)s1.